The van der Waals surface area contributed by atoms with E-state index in [2.05, 4.69) is 26.8 Å². The van der Waals surface area contributed by atoms with Crippen molar-refractivity contribution in [3.63, 3.8) is 0 Å². The molecule has 2 heteroatoms. The summed E-state index contributed by atoms with van der Waals surface area (Å²) in [6, 6.07) is 2.18. The Bertz CT molecular complexity index is 199. The fraction of sp³-hybridized carbons (Fsp3) is 0.909. The number of hydrogen-bond donors (Lipinski definition) is 0. The fourth-order valence-electron chi connectivity index (χ4n) is 1.91. The molecule has 0 aromatic heterocycles. The van der Waals surface area contributed by atoms with Crippen LogP contribution in [0.3, 0.4) is 0 Å². The van der Waals surface area contributed by atoms with E-state index in [9.17, 15) is 0 Å². The lowest BCUT2D eigenvalue weighted by Crippen LogP contribution is -2.32. The van der Waals surface area contributed by atoms with Crippen LogP contribution < -0.4 is 0 Å². The molecule has 1 fully saturated rings. The van der Waals surface area contributed by atoms with E-state index in [0.717, 1.165) is 19.4 Å². The van der Waals surface area contributed by atoms with Crippen molar-refractivity contribution < 1.29 is 4.74 Å². The van der Waals surface area contributed by atoms with Crippen LogP contribution in [0.1, 0.15) is 40.0 Å². The van der Waals surface area contributed by atoms with Crippen LogP contribution in [0.25, 0.3) is 0 Å². The minimum atomic E-state index is 0.183. The lowest BCUT2D eigenvalue weighted by Gasteiger charge is -2.37. The minimum Gasteiger partial charge on any atom is -0.377 e. The Labute approximate surface area is 80.9 Å². The fourth-order valence-corrected chi connectivity index (χ4v) is 1.91. The first-order chi connectivity index (χ1) is 6.04. The average Bonchev–Trinajstić information content (AvgIpc) is 2.04. The third-order valence-electron chi connectivity index (χ3n) is 2.91. The second kappa shape index (κ2) is 4.11. The number of nitriles is 1. The Morgan fingerprint density at radius 2 is 2.15 bits per heavy atom. The third kappa shape index (κ3) is 3.00. The maximum absolute atomic E-state index is 8.58. The second-order valence-electron chi connectivity index (χ2n) is 4.94. The molecule has 0 aliphatic carbocycles. The summed E-state index contributed by atoms with van der Waals surface area (Å²) < 4.78 is 5.52. The molecule has 1 aliphatic heterocycles. The summed E-state index contributed by atoms with van der Waals surface area (Å²) in [5.41, 5.74) is 0.359. The van der Waals surface area contributed by atoms with Gasteiger partial charge >= 0.3 is 0 Å². The molecule has 0 spiro atoms. The van der Waals surface area contributed by atoms with Crippen molar-refractivity contribution in [3.05, 3.63) is 0 Å². The van der Waals surface area contributed by atoms with Gasteiger partial charge in [0.25, 0.3) is 0 Å². The Hall–Kier alpha value is -0.550. The molecule has 2 unspecified atom stereocenters. The molecular weight excluding hydrogens is 162 g/mol. The highest BCUT2D eigenvalue weighted by Crippen LogP contribution is 2.36. The van der Waals surface area contributed by atoms with Crippen molar-refractivity contribution in [1.29, 1.82) is 5.26 Å². The highest BCUT2D eigenvalue weighted by molar-refractivity contribution is 4.85. The molecule has 2 nitrogen and oxygen atoms in total. The molecule has 0 radical (unpaired) electrons. The molecule has 0 N–H and O–H groups in total. The van der Waals surface area contributed by atoms with E-state index in [1.54, 1.807) is 0 Å². The molecular formula is C11H19NO. The van der Waals surface area contributed by atoms with Crippen molar-refractivity contribution in [2.75, 3.05) is 6.61 Å². The van der Waals surface area contributed by atoms with Gasteiger partial charge in [-0.25, -0.2) is 0 Å². The van der Waals surface area contributed by atoms with E-state index in [-0.39, 0.29) is 6.10 Å². The van der Waals surface area contributed by atoms with Crippen molar-refractivity contribution in [3.8, 4) is 6.07 Å². The van der Waals surface area contributed by atoms with Crippen LogP contribution in [-0.4, -0.2) is 12.7 Å². The van der Waals surface area contributed by atoms with Gasteiger partial charge in [0.15, 0.2) is 0 Å². The van der Waals surface area contributed by atoms with Crippen LogP contribution in [0.4, 0.5) is 0 Å². The zero-order valence-corrected chi connectivity index (χ0v) is 8.84. The summed E-state index contributed by atoms with van der Waals surface area (Å²) in [6.07, 6.45) is 2.93. The first-order valence-corrected chi connectivity index (χ1v) is 5.02. The van der Waals surface area contributed by atoms with Gasteiger partial charge in [-0.2, -0.15) is 5.26 Å². The molecule has 1 saturated heterocycles. The van der Waals surface area contributed by atoms with Gasteiger partial charge in [0.1, 0.15) is 0 Å². The van der Waals surface area contributed by atoms with E-state index in [0.29, 0.717) is 17.8 Å². The lowest BCUT2D eigenvalue weighted by atomic mass is 9.74. The zero-order chi connectivity index (χ0) is 9.90. The Kier molecular flexibility index (Phi) is 3.33. The standard InChI is InChI=1S/C11H19NO/c1-11(2,3)9-5-7-13-10(8-9)4-6-12/h9-10H,4-5,7-8H2,1-3H3. The minimum absolute atomic E-state index is 0.183. The highest BCUT2D eigenvalue weighted by Gasteiger charge is 2.30. The topological polar surface area (TPSA) is 33.0 Å². The van der Waals surface area contributed by atoms with Gasteiger partial charge in [0.2, 0.25) is 0 Å². The summed E-state index contributed by atoms with van der Waals surface area (Å²) in [6.45, 7) is 7.64. The van der Waals surface area contributed by atoms with Gasteiger partial charge in [-0.1, -0.05) is 20.8 Å². The molecule has 1 aliphatic rings. The van der Waals surface area contributed by atoms with Crippen LogP contribution in [0, 0.1) is 22.7 Å². The SMILES string of the molecule is CC(C)(C)C1CCOC(CC#N)C1. The molecule has 13 heavy (non-hydrogen) atoms. The Balaban J connectivity index is 2.48. The summed E-state index contributed by atoms with van der Waals surface area (Å²) in [7, 11) is 0. The quantitative estimate of drug-likeness (QED) is 0.623. The third-order valence-corrected chi connectivity index (χ3v) is 2.91. The van der Waals surface area contributed by atoms with Gasteiger partial charge in [-0.15, -0.1) is 0 Å². The van der Waals surface area contributed by atoms with Gasteiger partial charge in [-0.3, -0.25) is 0 Å². The molecule has 1 heterocycles. The predicted octanol–water partition coefficient (Wildman–Crippen LogP) is 2.74. The molecule has 74 valence electrons. The van der Waals surface area contributed by atoms with Crippen LogP contribution in [0.15, 0.2) is 0 Å². The van der Waals surface area contributed by atoms with Crippen LogP contribution in [0.5, 0.6) is 0 Å². The smallest absolute Gasteiger partial charge is 0.0707 e. The first-order valence-electron chi connectivity index (χ1n) is 5.02. The van der Waals surface area contributed by atoms with Gasteiger partial charge in [0.05, 0.1) is 18.6 Å². The first kappa shape index (κ1) is 10.5. The molecule has 0 aromatic rings. The van der Waals surface area contributed by atoms with E-state index in [1.807, 2.05) is 0 Å². The average molecular weight is 181 g/mol. The van der Waals surface area contributed by atoms with Crippen molar-refractivity contribution in [2.45, 2.75) is 46.1 Å². The normalized spacial score (nSPS) is 29.7. The Morgan fingerprint density at radius 1 is 1.46 bits per heavy atom. The number of ether oxygens (including phenoxy) is 1. The van der Waals surface area contributed by atoms with Gasteiger partial charge < -0.3 is 4.74 Å². The summed E-state index contributed by atoms with van der Waals surface area (Å²) in [4.78, 5) is 0. The summed E-state index contributed by atoms with van der Waals surface area (Å²) in [5, 5.41) is 8.58. The van der Waals surface area contributed by atoms with Crippen LogP contribution in [-0.2, 0) is 4.74 Å². The summed E-state index contributed by atoms with van der Waals surface area (Å²) >= 11 is 0. The van der Waals surface area contributed by atoms with Gasteiger partial charge in [-0.05, 0) is 24.2 Å². The largest absolute Gasteiger partial charge is 0.377 e. The molecule has 0 aromatic carbocycles. The molecule has 0 bridgehead atoms. The summed E-state index contributed by atoms with van der Waals surface area (Å²) in [5.74, 6) is 0.708. The van der Waals surface area contributed by atoms with E-state index >= 15 is 0 Å². The number of hydrogen-bond acceptors (Lipinski definition) is 2. The zero-order valence-electron chi connectivity index (χ0n) is 8.84. The predicted molar refractivity (Wildman–Crippen MR) is 52.1 cm³/mol. The van der Waals surface area contributed by atoms with E-state index in [4.69, 9.17) is 10.00 Å². The van der Waals surface area contributed by atoms with Crippen molar-refractivity contribution in [1.82, 2.24) is 0 Å². The maximum atomic E-state index is 8.58. The maximum Gasteiger partial charge on any atom is 0.0707 e. The number of nitrogens with zero attached hydrogens (tertiary/aromatic N) is 1. The van der Waals surface area contributed by atoms with E-state index in [1.165, 1.54) is 0 Å². The lowest BCUT2D eigenvalue weighted by molar-refractivity contribution is -0.0319. The van der Waals surface area contributed by atoms with Crippen molar-refractivity contribution >= 4 is 0 Å². The molecule has 2 atom stereocenters. The Morgan fingerprint density at radius 3 is 2.69 bits per heavy atom. The molecule has 0 amide bonds. The van der Waals surface area contributed by atoms with Crippen molar-refractivity contribution in [2.24, 2.45) is 11.3 Å². The van der Waals surface area contributed by atoms with Gasteiger partial charge in [0, 0.05) is 6.61 Å². The number of rotatable bonds is 1. The van der Waals surface area contributed by atoms with Crippen LogP contribution >= 0.6 is 0 Å². The second-order valence-corrected chi connectivity index (χ2v) is 4.94. The molecule has 0 saturated carbocycles. The van der Waals surface area contributed by atoms with Crippen LogP contribution in [0.2, 0.25) is 0 Å². The highest BCUT2D eigenvalue weighted by atomic mass is 16.5. The monoisotopic (exact) mass is 181 g/mol. The molecule has 1 rings (SSSR count). The van der Waals surface area contributed by atoms with E-state index < -0.39 is 0 Å².